The van der Waals surface area contributed by atoms with Crippen LogP contribution in [-0.4, -0.2) is 36.9 Å². The molecule has 0 aliphatic carbocycles. The number of rotatable bonds is 9. The number of thiophene rings is 1. The number of nitrogens with zero attached hydrogens (tertiary/aromatic N) is 1. The number of carbonyl (C=O) groups excluding carboxylic acids is 2. The third-order valence-corrected chi connectivity index (χ3v) is 4.47. The van der Waals surface area contributed by atoms with E-state index in [1.54, 1.807) is 13.1 Å². The van der Waals surface area contributed by atoms with Gasteiger partial charge in [-0.3, -0.25) is 9.59 Å². The van der Waals surface area contributed by atoms with Crippen molar-refractivity contribution in [2.75, 3.05) is 20.2 Å². The van der Waals surface area contributed by atoms with E-state index in [1.807, 2.05) is 35.7 Å². The number of hydrogen-bond donors (Lipinski definition) is 1. The molecule has 0 saturated heterocycles. The number of amides is 2. The summed E-state index contributed by atoms with van der Waals surface area (Å²) >= 11 is 1.37. The zero-order valence-electron chi connectivity index (χ0n) is 14.7. The van der Waals surface area contributed by atoms with Gasteiger partial charge in [-0.05, 0) is 35.6 Å². The molecule has 6 heteroatoms. The van der Waals surface area contributed by atoms with Crippen LogP contribution in [0.15, 0.2) is 41.8 Å². The van der Waals surface area contributed by atoms with Crippen LogP contribution in [-0.2, 0) is 11.3 Å². The van der Waals surface area contributed by atoms with Gasteiger partial charge in [-0.1, -0.05) is 31.5 Å². The average Bonchev–Trinajstić information content (AvgIpc) is 3.14. The molecule has 0 spiro atoms. The van der Waals surface area contributed by atoms with E-state index in [9.17, 15) is 9.59 Å². The first-order chi connectivity index (χ1) is 12.1. The van der Waals surface area contributed by atoms with Crippen molar-refractivity contribution < 1.29 is 14.3 Å². The van der Waals surface area contributed by atoms with E-state index < -0.39 is 0 Å². The number of nitrogens with one attached hydrogen (secondary N) is 1. The quantitative estimate of drug-likeness (QED) is 0.698. The molecule has 5 nitrogen and oxygen atoms in total. The number of benzene rings is 1. The second kappa shape index (κ2) is 9.84. The average molecular weight is 360 g/mol. The van der Waals surface area contributed by atoms with E-state index in [2.05, 4.69) is 12.2 Å². The van der Waals surface area contributed by atoms with Crippen LogP contribution in [0.4, 0.5) is 0 Å². The molecule has 2 rings (SSSR count). The standard InChI is InChI=1S/C19H24N2O3S/c1-3-4-10-24-16-8-5-7-15(12-16)13-20-18(22)14-21(2)19(23)17-9-6-11-25-17/h5-9,11-12H,3-4,10,13-14H2,1-2H3,(H,20,22). The summed E-state index contributed by atoms with van der Waals surface area (Å²) in [6.45, 7) is 3.26. The first kappa shape index (κ1) is 19.0. The zero-order chi connectivity index (χ0) is 18.1. The Hall–Kier alpha value is -2.34. The highest BCUT2D eigenvalue weighted by molar-refractivity contribution is 7.12. The normalized spacial score (nSPS) is 10.3. The summed E-state index contributed by atoms with van der Waals surface area (Å²) in [4.78, 5) is 26.2. The minimum atomic E-state index is -0.190. The summed E-state index contributed by atoms with van der Waals surface area (Å²) in [6, 6.07) is 11.3. The molecule has 2 aromatic rings. The van der Waals surface area contributed by atoms with Gasteiger partial charge in [-0.2, -0.15) is 0 Å². The number of likely N-dealkylation sites (N-methyl/N-ethyl adjacent to an activating group) is 1. The van der Waals surface area contributed by atoms with Gasteiger partial charge in [0.1, 0.15) is 5.75 Å². The third kappa shape index (κ3) is 6.23. The van der Waals surface area contributed by atoms with Crippen molar-refractivity contribution in [3.8, 4) is 5.75 Å². The molecule has 0 atom stereocenters. The molecule has 1 heterocycles. The van der Waals surface area contributed by atoms with Gasteiger partial charge >= 0.3 is 0 Å². The fourth-order valence-corrected chi connectivity index (χ4v) is 2.93. The Balaban J connectivity index is 1.79. The molecular weight excluding hydrogens is 336 g/mol. The molecule has 0 saturated carbocycles. The fraction of sp³-hybridized carbons (Fsp3) is 0.368. The SMILES string of the molecule is CCCCOc1cccc(CNC(=O)CN(C)C(=O)c2cccs2)c1. The summed E-state index contributed by atoms with van der Waals surface area (Å²) in [5.41, 5.74) is 0.967. The van der Waals surface area contributed by atoms with Crippen LogP contribution in [0.1, 0.15) is 35.0 Å². The molecular formula is C19H24N2O3S. The molecule has 0 aliphatic rings. The van der Waals surface area contributed by atoms with E-state index in [0.29, 0.717) is 18.0 Å². The molecule has 2 amide bonds. The van der Waals surface area contributed by atoms with Crippen LogP contribution in [0.2, 0.25) is 0 Å². The van der Waals surface area contributed by atoms with Crippen LogP contribution in [0.3, 0.4) is 0 Å². The van der Waals surface area contributed by atoms with Crippen LogP contribution < -0.4 is 10.1 Å². The van der Waals surface area contributed by atoms with Crippen molar-refractivity contribution in [1.29, 1.82) is 0 Å². The Morgan fingerprint density at radius 3 is 2.80 bits per heavy atom. The van der Waals surface area contributed by atoms with Crippen LogP contribution >= 0.6 is 11.3 Å². The number of ether oxygens (including phenoxy) is 1. The lowest BCUT2D eigenvalue weighted by Gasteiger charge is -2.16. The van der Waals surface area contributed by atoms with E-state index >= 15 is 0 Å². The minimum absolute atomic E-state index is 0.0312. The third-order valence-electron chi connectivity index (χ3n) is 3.61. The predicted molar refractivity (Wildman–Crippen MR) is 100.0 cm³/mol. The lowest BCUT2D eigenvalue weighted by atomic mass is 10.2. The molecule has 1 aromatic heterocycles. The van der Waals surface area contributed by atoms with Crippen LogP contribution in [0.25, 0.3) is 0 Å². The lowest BCUT2D eigenvalue weighted by molar-refractivity contribution is -0.121. The van der Waals surface area contributed by atoms with Gasteiger partial charge in [0.2, 0.25) is 5.91 Å². The molecule has 0 radical (unpaired) electrons. The maximum absolute atomic E-state index is 12.1. The number of hydrogen-bond acceptors (Lipinski definition) is 4. The smallest absolute Gasteiger partial charge is 0.264 e. The van der Waals surface area contributed by atoms with Crippen molar-refractivity contribution >= 4 is 23.2 Å². The van der Waals surface area contributed by atoms with Crippen molar-refractivity contribution in [3.05, 3.63) is 52.2 Å². The van der Waals surface area contributed by atoms with Gasteiger partial charge in [0, 0.05) is 13.6 Å². The molecule has 1 aromatic carbocycles. The highest BCUT2D eigenvalue weighted by Gasteiger charge is 2.15. The first-order valence-electron chi connectivity index (χ1n) is 8.37. The minimum Gasteiger partial charge on any atom is -0.494 e. The van der Waals surface area contributed by atoms with E-state index in [-0.39, 0.29) is 18.4 Å². The van der Waals surface area contributed by atoms with Crippen LogP contribution in [0, 0.1) is 0 Å². The summed E-state index contributed by atoms with van der Waals surface area (Å²) in [7, 11) is 1.63. The van der Waals surface area contributed by atoms with Gasteiger partial charge in [-0.25, -0.2) is 0 Å². The Labute approximate surface area is 152 Å². The molecule has 1 N–H and O–H groups in total. The number of carbonyl (C=O) groups is 2. The van der Waals surface area contributed by atoms with Crippen molar-refractivity contribution in [2.45, 2.75) is 26.3 Å². The highest BCUT2D eigenvalue weighted by atomic mass is 32.1. The summed E-state index contributed by atoms with van der Waals surface area (Å²) in [5.74, 6) is 0.478. The summed E-state index contributed by atoms with van der Waals surface area (Å²) < 4.78 is 5.67. The van der Waals surface area contributed by atoms with Gasteiger partial charge in [0.15, 0.2) is 0 Å². The van der Waals surface area contributed by atoms with Crippen LogP contribution in [0.5, 0.6) is 5.75 Å². The maximum atomic E-state index is 12.1. The second-order valence-corrected chi connectivity index (χ2v) is 6.71. The Bertz CT molecular complexity index is 686. The fourth-order valence-electron chi connectivity index (χ4n) is 2.21. The summed E-state index contributed by atoms with van der Waals surface area (Å²) in [6.07, 6.45) is 2.11. The van der Waals surface area contributed by atoms with Crippen molar-refractivity contribution in [2.24, 2.45) is 0 Å². The largest absolute Gasteiger partial charge is 0.494 e. The Morgan fingerprint density at radius 2 is 2.08 bits per heavy atom. The van der Waals surface area contributed by atoms with Gasteiger partial charge in [-0.15, -0.1) is 11.3 Å². The summed E-state index contributed by atoms with van der Waals surface area (Å²) in [5, 5.41) is 4.68. The predicted octanol–water partition coefficient (Wildman–Crippen LogP) is 3.32. The van der Waals surface area contributed by atoms with E-state index in [0.717, 1.165) is 24.2 Å². The molecule has 0 aliphatic heterocycles. The topological polar surface area (TPSA) is 58.6 Å². The van der Waals surface area contributed by atoms with E-state index in [4.69, 9.17) is 4.74 Å². The molecule has 0 fully saturated rings. The molecule has 0 unspecified atom stereocenters. The molecule has 0 bridgehead atoms. The van der Waals surface area contributed by atoms with Crippen molar-refractivity contribution in [1.82, 2.24) is 10.2 Å². The van der Waals surface area contributed by atoms with E-state index in [1.165, 1.54) is 16.2 Å². The Kier molecular flexibility index (Phi) is 7.47. The Morgan fingerprint density at radius 1 is 1.24 bits per heavy atom. The maximum Gasteiger partial charge on any atom is 0.264 e. The number of unbranched alkanes of at least 4 members (excludes halogenated alkanes) is 1. The van der Waals surface area contributed by atoms with Gasteiger partial charge in [0.05, 0.1) is 18.0 Å². The molecule has 25 heavy (non-hydrogen) atoms. The van der Waals surface area contributed by atoms with Gasteiger partial charge < -0.3 is 15.0 Å². The first-order valence-corrected chi connectivity index (χ1v) is 9.25. The second-order valence-electron chi connectivity index (χ2n) is 5.76. The van der Waals surface area contributed by atoms with Gasteiger partial charge in [0.25, 0.3) is 5.91 Å². The zero-order valence-corrected chi connectivity index (χ0v) is 15.5. The lowest BCUT2D eigenvalue weighted by Crippen LogP contribution is -2.37. The molecule has 134 valence electrons. The van der Waals surface area contributed by atoms with Crippen molar-refractivity contribution in [3.63, 3.8) is 0 Å². The highest BCUT2D eigenvalue weighted by Crippen LogP contribution is 2.14. The monoisotopic (exact) mass is 360 g/mol.